The minimum Gasteiger partial charge on any atom is -0.315 e. The van der Waals surface area contributed by atoms with Crippen molar-refractivity contribution < 1.29 is 0 Å². The summed E-state index contributed by atoms with van der Waals surface area (Å²) in [5.41, 5.74) is 1.29. The maximum Gasteiger partial charge on any atom is 0.133 e. The Labute approximate surface area is 131 Å². The van der Waals surface area contributed by atoms with Crippen molar-refractivity contribution in [3.63, 3.8) is 0 Å². The molecule has 120 valence electrons. The first kappa shape index (κ1) is 15.2. The zero-order valence-electron chi connectivity index (χ0n) is 14.0. The number of nitrogens with zero attached hydrogens (tertiary/aromatic N) is 5. The van der Waals surface area contributed by atoms with Gasteiger partial charge in [-0.25, -0.2) is 0 Å². The summed E-state index contributed by atoms with van der Waals surface area (Å²) in [4.78, 5) is 0. The molecule has 2 aromatic heterocycles. The van der Waals surface area contributed by atoms with Gasteiger partial charge in [0.15, 0.2) is 0 Å². The molecule has 1 aliphatic heterocycles. The topological polar surface area (TPSA) is 60.6 Å². The molecule has 1 aliphatic rings. The molecule has 0 aromatic carbocycles. The second-order valence-electron chi connectivity index (χ2n) is 7.27. The van der Waals surface area contributed by atoms with Crippen molar-refractivity contribution in [3.8, 4) is 0 Å². The molecule has 0 bridgehead atoms. The van der Waals surface area contributed by atoms with Gasteiger partial charge in [0, 0.05) is 31.3 Å². The molecular weight excluding hydrogens is 276 g/mol. The molecule has 0 saturated heterocycles. The molecule has 0 radical (unpaired) electrons. The van der Waals surface area contributed by atoms with Gasteiger partial charge in [-0.15, -0.1) is 10.2 Å². The molecule has 0 spiro atoms. The quantitative estimate of drug-likeness (QED) is 0.937. The Morgan fingerprint density at radius 1 is 1.32 bits per heavy atom. The molecule has 0 aliphatic carbocycles. The lowest BCUT2D eigenvalue weighted by atomic mass is 9.99. The molecule has 0 fully saturated rings. The Bertz CT molecular complexity index is 633. The number of aryl methyl sites for hydroxylation is 2. The van der Waals surface area contributed by atoms with Crippen LogP contribution in [0.2, 0.25) is 0 Å². The molecule has 3 heterocycles. The normalized spacial score (nSPS) is 18.5. The lowest BCUT2D eigenvalue weighted by Crippen LogP contribution is -2.30. The summed E-state index contributed by atoms with van der Waals surface area (Å²) >= 11 is 0. The lowest BCUT2D eigenvalue weighted by Gasteiger charge is -2.24. The van der Waals surface area contributed by atoms with Gasteiger partial charge in [-0.1, -0.05) is 0 Å². The minimum absolute atomic E-state index is 0.0456. The van der Waals surface area contributed by atoms with Gasteiger partial charge in [-0.2, -0.15) is 5.10 Å². The highest BCUT2D eigenvalue weighted by Gasteiger charge is 2.21. The third-order valence-electron chi connectivity index (χ3n) is 4.31. The largest absolute Gasteiger partial charge is 0.315 e. The molecule has 1 unspecified atom stereocenters. The van der Waals surface area contributed by atoms with Crippen LogP contribution in [0, 0.1) is 12.8 Å². The molecule has 6 heteroatoms. The van der Waals surface area contributed by atoms with E-state index < -0.39 is 0 Å². The van der Waals surface area contributed by atoms with Crippen LogP contribution in [0.5, 0.6) is 0 Å². The van der Waals surface area contributed by atoms with E-state index in [9.17, 15) is 0 Å². The summed E-state index contributed by atoms with van der Waals surface area (Å²) in [5.74, 6) is 2.83. The van der Waals surface area contributed by atoms with Crippen LogP contribution in [-0.4, -0.2) is 31.1 Å². The molecule has 0 amide bonds. The van der Waals surface area contributed by atoms with Crippen LogP contribution in [0.1, 0.15) is 44.4 Å². The highest BCUT2D eigenvalue weighted by atomic mass is 15.3. The molecular formula is C16H26N6. The zero-order chi connectivity index (χ0) is 15.7. The van der Waals surface area contributed by atoms with Crippen molar-refractivity contribution in [1.29, 1.82) is 0 Å². The average Bonchev–Trinajstić information content (AvgIpc) is 3.06. The monoisotopic (exact) mass is 302 g/mol. The van der Waals surface area contributed by atoms with Crippen molar-refractivity contribution in [2.45, 2.75) is 59.2 Å². The first-order valence-electron chi connectivity index (χ1n) is 8.07. The Kier molecular flexibility index (Phi) is 4.04. The van der Waals surface area contributed by atoms with E-state index in [0.717, 1.165) is 37.7 Å². The van der Waals surface area contributed by atoms with E-state index in [2.05, 4.69) is 52.1 Å². The van der Waals surface area contributed by atoms with Crippen molar-refractivity contribution in [3.05, 3.63) is 29.6 Å². The number of hydrogen-bond donors (Lipinski definition) is 1. The second kappa shape index (κ2) is 5.83. The highest BCUT2D eigenvalue weighted by molar-refractivity contribution is 5.05. The van der Waals surface area contributed by atoms with E-state index in [1.807, 2.05) is 17.8 Å². The average molecular weight is 302 g/mol. The lowest BCUT2D eigenvalue weighted by molar-refractivity contribution is 0.343. The van der Waals surface area contributed by atoms with E-state index in [4.69, 9.17) is 0 Å². The van der Waals surface area contributed by atoms with Crippen LogP contribution < -0.4 is 5.32 Å². The smallest absolute Gasteiger partial charge is 0.133 e. The maximum absolute atomic E-state index is 4.44. The third-order valence-corrected chi connectivity index (χ3v) is 4.31. The van der Waals surface area contributed by atoms with Gasteiger partial charge in [0.25, 0.3) is 0 Å². The fourth-order valence-corrected chi connectivity index (χ4v) is 2.94. The van der Waals surface area contributed by atoms with E-state index in [-0.39, 0.29) is 5.54 Å². The number of hydrogen-bond acceptors (Lipinski definition) is 4. The summed E-state index contributed by atoms with van der Waals surface area (Å²) in [6.45, 7) is 11.5. The Hall–Kier alpha value is -1.69. The van der Waals surface area contributed by atoms with Crippen LogP contribution in [0.15, 0.2) is 12.4 Å². The molecule has 1 atom stereocenters. The number of fused-ring (bicyclic) bond motifs is 1. The molecule has 22 heavy (non-hydrogen) atoms. The SMILES string of the molecule is Cc1nnc2n1CC(CNCc1cnn(C(C)(C)C)c1)CC2. The summed E-state index contributed by atoms with van der Waals surface area (Å²) in [5, 5.41) is 16.4. The summed E-state index contributed by atoms with van der Waals surface area (Å²) in [6, 6.07) is 0. The van der Waals surface area contributed by atoms with Crippen LogP contribution in [-0.2, 0) is 25.0 Å². The zero-order valence-corrected chi connectivity index (χ0v) is 14.0. The second-order valence-corrected chi connectivity index (χ2v) is 7.27. The van der Waals surface area contributed by atoms with Crippen LogP contribution in [0.25, 0.3) is 0 Å². The Balaban J connectivity index is 1.50. The van der Waals surface area contributed by atoms with E-state index in [0.29, 0.717) is 5.92 Å². The number of rotatable bonds is 4. The summed E-state index contributed by atoms with van der Waals surface area (Å²) in [6.07, 6.45) is 6.32. The van der Waals surface area contributed by atoms with E-state index in [1.165, 1.54) is 12.0 Å². The van der Waals surface area contributed by atoms with E-state index in [1.54, 1.807) is 0 Å². The summed E-state index contributed by atoms with van der Waals surface area (Å²) < 4.78 is 4.28. The van der Waals surface area contributed by atoms with Gasteiger partial charge in [-0.3, -0.25) is 4.68 Å². The number of nitrogens with one attached hydrogen (secondary N) is 1. The fraction of sp³-hybridized carbons (Fsp3) is 0.688. The number of aromatic nitrogens is 5. The molecule has 1 N–H and O–H groups in total. The highest BCUT2D eigenvalue weighted by Crippen LogP contribution is 2.19. The van der Waals surface area contributed by atoms with Crippen LogP contribution in [0.4, 0.5) is 0 Å². The summed E-state index contributed by atoms with van der Waals surface area (Å²) in [7, 11) is 0. The Morgan fingerprint density at radius 3 is 2.86 bits per heavy atom. The maximum atomic E-state index is 4.44. The van der Waals surface area contributed by atoms with Gasteiger partial charge < -0.3 is 9.88 Å². The van der Waals surface area contributed by atoms with Gasteiger partial charge in [0.05, 0.1) is 11.7 Å². The molecule has 3 rings (SSSR count). The molecule has 0 saturated carbocycles. The fourth-order valence-electron chi connectivity index (χ4n) is 2.94. The first-order chi connectivity index (χ1) is 10.4. The van der Waals surface area contributed by atoms with Gasteiger partial charge in [-0.05, 0) is 46.6 Å². The molecule has 6 nitrogen and oxygen atoms in total. The predicted octanol–water partition coefficient (Wildman–Crippen LogP) is 1.89. The Morgan fingerprint density at radius 2 is 2.14 bits per heavy atom. The van der Waals surface area contributed by atoms with E-state index >= 15 is 0 Å². The first-order valence-corrected chi connectivity index (χ1v) is 8.07. The van der Waals surface area contributed by atoms with Crippen LogP contribution >= 0.6 is 0 Å². The van der Waals surface area contributed by atoms with Crippen molar-refractivity contribution in [1.82, 2.24) is 29.9 Å². The molecule has 2 aromatic rings. The van der Waals surface area contributed by atoms with Gasteiger partial charge >= 0.3 is 0 Å². The minimum atomic E-state index is 0.0456. The van der Waals surface area contributed by atoms with Gasteiger partial charge in [0.1, 0.15) is 11.6 Å². The van der Waals surface area contributed by atoms with Crippen molar-refractivity contribution >= 4 is 0 Å². The van der Waals surface area contributed by atoms with Crippen molar-refractivity contribution in [2.75, 3.05) is 6.54 Å². The third kappa shape index (κ3) is 3.21. The van der Waals surface area contributed by atoms with Gasteiger partial charge in [0.2, 0.25) is 0 Å². The van der Waals surface area contributed by atoms with Crippen LogP contribution in [0.3, 0.4) is 0 Å². The predicted molar refractivity (Wildman–Crippen MR) is 85.5 cm³/mol. The standard InChI is InChI=1S/C16H26N6/c1-12-19-20-15-6-5-13(10-21(12)15)7-17-8-14-9-18-22(11-14)16(2,3)4/h9,11,13,17H,5-8,10H2,1-4H3. The van der Waals surface area contributed by atoms with Crippen molar-refractivity contribution in [2.24, 2.45) is 5.92 Å².